The van der Waals surface area contributed by atoms with Crippen molar-refractivity contribution < 1.29 is 14.4 Å². The molecule has 0 spiro atoms. The predicted molar refractivity (Wildman–Crippen MR) is 120 cm³/mol. The first-order valence-electron chi connectivity index (χ1n) is 10.9. The molecule has 3 amide bonds. The van der Waals surface area contributed by atoms with Gasteiger partial charge in [-0.05, 0) is 38.2 Å². The lowest BCUT2D eigenvalue weighted by molar-refractivity contribution is -0.149. The summed E-state index contributed by atoms with van der Waals surface area (Å²) in [6.07, 6.45) is 3.51. The van der Waals surface area contributed by atoms with Gasteiger partial charge in [-0.1, -0.05) is 30.3 Å². The molecule has 0 radical (unpaired) electrons. The van der Waals surface area contributed by atoms with Crippen LogP contribution in [0.2, 0.25) is 0 Å². The van der Waals surface area contributed by atoms with Crippen molar-refractivity contribution in [2.75, 3.05) is 25.0 Å². The highest BCUT2D eigenvalue weighted by Gasteiger charge is 2.37. The van der Waals surface area contributed by atoms with Gasteiger partial charge in [-0.25, -0.2) is 4.98 Å². The van der Waals surface area contributed by atoms with Gasteiger partial charge in [0.05, 0.1) is 5.69 Å². The zero-order valence-electron chi connectivity index (χ0n) is 17.8. The zero-order valence-corrected chi connectivity index (χ0v) is 18.6. The minimum atomic E-state index is -0.585. The molecule has 164 valence electrons. The third-order valence-electron chi connectivity index (χ3n) is 6.05. The lowest BCUT2D eigenvalue weighted by atomic mass is 9.94. The van der Waals surface area contributed by atoms with E-state index in [9.17, 15) is 14.4 Å². The quantitative estimate of drug-likeness (QED) is 0.773. The lowest BCUT2D eigenvalue weighted by Crippen LogP contribution is -2.49. The molecule has 3 heterocycles. The number of carbonyl (C=O) groups excluding carboxylic acids is 3. The average Bonchev–Trinajstić information content (AvgIpc) is 3.20. The molecule has 1 aromatic heterocycles. The minimum absolute atomic E-state index is 0.0349. The zero-order chi connectivity index (χ0) is 21.8. The molecule has 2 fully saturated rings. The molecule has 0 bridgehead atoms. The molecule has 31 heavy (non-hydrogen) atoms. The first kappa shape index (κ1) is 21.5. The van der Waals surface area contributed by atoms with E-state index in [1.165, 1.54) is 11.3 Å². The third kappa shape index (κ3) is 4.95. The number of nitrogens with one attached hydrogen (secondary N) is 1. The Hall–Kier alpha value is -2.74. The van der Waals surface area contributed by atoms with E-state index in [0.29, 0.717) is 44.0 Å². The van der Waals surface area contributed by atoms with Crippen molar-refractivity contribution in [1.82, 2.24) is 14.8 Å². The molecule has 2 aliphatic rings. The van der Waals surface area contributed by atoms with Gasteiger partial charge < -0.3 is 15.1 Å². The van der Waals surface area contributed by atoms with Crippen LogP contribution in [-0.4, -0.2) is 52.1 Å². The molecule has 1 unspecified atom stereocenters. The smallest absolute Gasteiger partial charge is 0.250 e. The van der Waals surface area contributed by atoms with Crippen molar-refractivity contribution in [3.63, 3.8) is 0 Å². The van der Waals surface area contributed by atoms with Gasteiger partial charge in [0.25, 0.3) is 0 Å². The number of anilines is 1. The molecule has 2 saturated heterocycles. The van der Waals surface area contributed by atoms with Crippen LogP contribution in [-0.2, 0) is 14.4 Å². The molecule has 0 aliphatic carbocycles. The molecule has 2 aliphatic heterocycles. The summed E-state index contributed by atoms with van der Waals surface area (Å²) in [5.41, 5.74) is 1.74. The first-order valence-corrected chi connectivity index (χ1v) is 11.8. The van der Waals surface area contributed by atoms with Crippen molar-refractivity contribution in [3.05, 3.63) is 47.0 Å². The number of carbonyl (C=O) groups is 3. The van der Waals surface area contributed by atoms with Crippen LogP contribution in [0.15, 0.2) is 35.7 Å². The number of aromatic nitrogens is 1. The number of thiazole rings is 1. The van der Waals surface area contributed by atoms with Gasteiger partial charge in [0.2, 0.25) is 17.7 Å². The molecule has 1 N–H and O–H groups in total. The fourth-order valence-corrected chi connectivity index (χ4v) is 5.04. The Morgan fingerprint density at radius 2 is 1.87 bits per heavy atom. The number of hydrogen-bond acceptors (Lipinski definition) is 5. The Balaban J connectivity index is 1.42. The molecule has 2 aromatic rings. The van der Waals surface area contributed by atoms with Crippen LogP contribution in [0.5, 0.6) is 0 Å². The van der Waals surface area contributed by atoms with Crippen molar-refractivity contribution in [3.8, 4) is 0 Å². The molecule has 4 rings (SSSR count). The van der Waals surface area contributed by atoms with E-state index < -0.39 is 6.04 Å². The Kier molecular flexibility index (Phi) is 6.65. The van der Waals surface area contributed by atoms with Crippen LogP contribution in [0.3, 0.4) is 0 Å². The number of piperidine rings is 2. The monoisotopic (exact) mass is 440 g/mol. The fourth-order valence-electron chi connectivity index (χ4n) is 4.34. The third-order valence-corrected chi connectivity index (χ3v) is 6.92. The second-order valence-corrected chi connectivity index (χ2v) is 9.10. The standard InChI is InChI=1S/C23H28N4O3S/c1-16-15-31-23(24-16)25-21(29)18-10-13-26(14-11-18)22(30)20(17-7-3-2-4-8-17)27-12-6-5-9-19(27)28/h2-4,7-8,15,18,20H,5-6,9-14H2,1H3,(H,24,25,29). The van der Waals surface area contributed by atoms with Crippen LogP contribution in [0.1, 0.15) is 49.4 Å². The number of benzene rings is 1. The molecule has 8 heteroatoms. The van der Waals surface area contributed by atoms with E-state index in [1.54, 1.807) is 4.90 Å². The van der Waals surface area contributed by atoms with E-state index in [2.05, 4.69) is 10.3 Å². The Morgan fingerprint density at radius 3 is 2.52 bits per heavy atom. The average molecular weight is 441 g/mol. The predicted octanol–water partition coefficient (Wildman–Crippen LogP) is 3.38. The normalized spacial score (nSPS) is 18.7. The Labute approximate surface area is 186 Å². The van der Waals surface area contributed by atoms with Crippen LogP contribution < -0.4 is 5.32 Å². The van der Waals surface area contributed by atoms with Gasteiger partial charge in [0, 0.05) is 37.4 Å². The maximum Gasteiger partial charge on any atom is 0.250 e. The van der Waals surface area contributed by atoms with E-state index in [4.69, 9.17) is 0 Å². The second kappa shape index (κ2) is 9.60. The number of hydrogen-bond donors (Lipinski definition) is 1. The summed E-state index contributed by atoms with van der Waals surface area (Å²) in [4.78, 5) is 46.6. The highest BCUT2D eigenvalue weighted by Crippen LogP contribution is 2.30. The van der Waals surface area contributed by atoms with E-state index in [-0.39, 0.29) is 23.6 Å². The number of likely N-dealkylation sites (tertiary alicyclic amines) is 2. The van der Waals surface area contributed by atoms with Crippen molar-refractivity contribution >= 4 is 34.2 Å². The highest BCUT2D eigenvalue weighted by molar-refractivity contribution is 7.13. The summed E-state index contributed by atoms with van der Waals surface area (Å²) >= 11 is 1.42. The van der Waals surface area contributed by atoms with Crippen molar-refractivity contribution in [1.29, 1.82) is 0 Å². The number of nitrogens with zero attached hydrogens (tertiary/aromatic N) is 3. The van der Waals surface area contributed by atoms with Gasteiger partial charge in [0.1, 0.15) is 6.04 Å². The fraction of sp³-hybridized carbons (Fsp3) is 0.478. The SMILES string of the molecule is Cc1csc(NC(=O)C2CCN(C(=O)C(c3ccccc3)N3CCCCC3=O)CC2)n1. The molecular weight excluding hydrogens is 412 g/mol. The number of aryl methyl sites for hydroxylation is 1. The summed E-state index contributed by atoms with van der Waals surface area (Å²) in [6, 6.07) is 8.97. The lowest BCUT2D eigenvalue weighted by Gasteiger charge is -2.39. The Morgan fingerprint density at radius 1 is 1.13 bits per heavy atom. The number of rotatable bonds is 5. The summed E-state index contributed by atoms with van der Waals surface area (Å²) in [6.45, 7) is 3.53. The Bertz CT molecular complexity index is 937. The largest absolute Gasteiger partial charge is 0.341 e. The summed E-state index contributed by atoms with van der Waals surface area (Å²) in [5, 5.41) is 5.42. The highest BCUT2D eigenvalue weighted by atomic mass is 32.1. The topological polar surface area (TPSA) is 82.6 Å². The van der Waals surface area contributed by atoms with Gasteiger partial charge in [-0.15, -0.1) is 11.3 Å². The van der Waals surface area contributed by atoms with Gasteiger partial charge in [-0.2, -0.15) is 0 Å². The van der Waals surface area contributed by atoms with Crippen LogP contribution in [0.25, 0.3) is 0 Å². The molecule has 0 saturated carbocycles. The second-order valence-electron chi connectivity index (χ2n) is 8.24. The summed E-state index contributed by atoms with van der Waals surface area (Å²) < 4.78 is 0. The summed E-state index contributed by atoms with van der Waals surface area (Å²) in [7, 11) is 0. The van der Waals surface area contributed by atoms with Crippen LogP contribution >= 0.6 is 11.3 Å². The van der Waals surface area contributed by atoms with Crippen LogP contribution in [0, 0.1) is 12.8 Å². The first-order chi connectivity index (χ1) is 15.0. The maximum absolute atomic E-state index is 13.5. The van der Waals surface area contributed by atoms with E-state index in [1.807, 2.05) is 47.5 Å². The molecule has 7 nitrogen and oxygen atoms in total. The van der Waals surface area contributed by atoms with E-state index >= 15 is 0 Å². The van der Waals surface area contributed by atoms with E-state index in [0.717, 1.165) is 24.1 Å². The molecule has 1 atom stereocenters. The summed E-state index contributed by atoms with van der Waals surface area (Å²) in [5.74, 6) is -0.176. The molecular formula is C23H28N4O3S. The number of amides is 3. The van der Waals surface area contributed by atoms with Gasteiger partial charge >= 0.3 is 0 Å². The minimum Gasteiger partial charge on any atom is -0.341 e. The van der Waals surface area contributed by atoms with Gasteiger partial charge in [0.15, 0.2) is 5.13 Å². The maximum atomic E-state index is 13.5. The van der Waals surface area contributed by atoms with Crippen LogP contribution in [0.4, 0.5) is 5.13 Å². The van der Waals surface area contributed by atoms with Gasteiger partial charge in [-0.3, -0.25) is 14.4 Å². The molecule has 1 aromatic carbocycles. The van der Waals surface area contributed by atoms with Crippen molar-refractivity contribution in [2.45, 2.75) is 45.1 Å². The van der Waals surface area contributed by atoms with Crippen molar-refractivity contribution in [2.24, 2.45) is 5.92 Å².